The fourth-order valence-electron chi connectivity index (χ4n) is 2.69. The number of methoxy groups -OCH3 is 1. The number of piperidine rings is 1. The van der Waals surface area contributed by atoms with Crippen molar-refractivity contribution in [2.45, 2.75) is 32.6 Å². The van der Waals surface area contributed by atoms with Gasteiger partial charge in [0, 0.05) is 33.4 Å². The summed E-state index contributed by atoms with van der Waals surface area (Å²) in [4.78, 5) is 7.02. The first-order valence-electron chi connectivity index (χ1n) is 9.03. The Hall–Kier alpha value is -0.850. The average Bonchev–Trinajstić information content (AvgIpc) is 2.56. The molecule has 1 saturated heterocycles. The van der Waals surface area contributed by atoms with E-state index in [1.54, 1.807) is 7.11 Å². The van der Waals surface area contributed by atoms with E-state index in [0.717, 1.165) is 44.5 Å². The highest BCUT2D eigenvalue weighted by Crippen LogP contribution is 2.18. The minimum atomic E-state index is 0.657. The van der Waals surface area contributed by atoms with Crippen LogP contribution >= 0.6 is 0 Å². The molecule has 0 amide bonds. The van der Waals surface area contributed by atoms with E-state index < -0.39 is 0 Å². The van der Waals surface area contributed by atoms with Gasteiger partial charge in [0.05, 0.1) is 13.2 Å². The number of likely N-dealkylation sites (tertiary alicyclic amines) is 1. The number of rotatable bonds is 11. The maximum absolute atomic E-state index is 5.45. The van der Waals surface area contributed by atoms with Gasteiger partial charge >= 0.3 is 0 Å². The van der Waals surface area contributed by atoms with Gasteiger partial charge < -0.3 is 25.0 Å². The Morgan fingerprint density at radius 2 is 1.96 bits per heavy atom. The Morgan fingerprint density at radius 1 is 1.17 bits per heavy atom. The molecule has 0 unspecified atom stereocenters. The van der Waals surface area contributed by atoms with E-state index in [1.807, 2.05) is 0 Å². The van der Waals surface area contributed by atoms with Crippen molar-refractivity contribution in [3.63, 3.8) is 0 Å². The third-order valence-electron chi connectivity index (χ3n) is 4.18. The van der Waals surface area contributed by atoms with Crippen molar-refractivity contribution < 1.29 is 9.47 Å². The lowest BCUT2D eigenvalue weighted by Crippen LogP contribution is -2.39. The summed E-state index contributed by atoms with van der Waals surface area (Å²) < 4.78 is 10.4. The molecule has 1 rings (SSSR count). The Kier molecular flexibility index (Phi) is 11.9. The zero-order valence-electron chi connectivity index (χ0n) is 15.3. The normalized spacial score (nSPS) is 17.4. The second kappa shape index (κ2) is 13.6. The van der Waals surface area contributed by atoms with Crippen LogP contribution < -0.4 is 10.6 Å². The Labute approximate surface area is 142 Å². The van der Waals surface area contributed by atoms with Gasteiger partial charge in [-0.1, -0.05) is 0 Å². The molecule has 1 heterocycles. The monoisotopic (exact) mass is 328 g/mol. The molecular formula is C17H36N4O2. The van der Waals surface area contributed by atoms with Gasteiger partial charge in [-0.2, -0.15) is 0 Å². The van der Waals surface area contributed by atoms with Crippen LogP contribution in [0.3, 0.4) is 0 Å². The maximum atomic E-state index is 5.45. The van der Waals surface area contributed by atoms with Gasteiger partial charge in [-0.25, -0.2) is 0 Å². The zero-order valence-corrected chi connectivity index (χ0v) is 15.3. The van der Waals surface area contributed by atoms with Crippen LogP contribution in [0.4, 0.5) is 0 Å². The third-order valence-corrected chi connectivity index (χ3v) is 4.18. The van der Waals surface area contributed by atoms with Crippen LogP contribution in [0.15, 0.2) is 4.99 Å². The van der Waals surface area contributed by atoms with Crippen LogP contribution in [0.2, 0.25) is 0 Å². The molecule has 1 fully saturated rings. The molecule has 0 radical (unpaired) electrons. The molecule has 1 aliphatic rings. The first-order chi connectivity index (χ1) is 11.3. The Balaban J connectivity index is 2.11. The molecule has 0 aromatic carbocycles. The summed E-state index contributed by atoms with van der Waals surface area (Å²) in [7, 11) is 3.90. The van der Waals surface area contributed by atoms with Gasteiger partial charge in [-0.15, -0.1) is 0 Å². The van der Waals surface area contributed by atoms with Crippen LogP contribution in [0.1, 0.15) is 32.6 Å². The van der Waals surface area contributed by atoms with Crippen LogP contribution in [0.5, 0.6) is 0 Å². The van der Waals surface area contributed by atoms with Gasteiger partial charge in [0.2, 0.25) is 0 Å². The van der Waals surface area contributed by atoms with Crippen molar-refractivity contribution in [1.82, 2.24) is 15.5 Å². The first kappa shape index (κ1) is 20.2. The van der Waals surface area contributed by atoms with Gasteiger partial charge in [-0.05, 0) is 58.7 Å². The molecule has 6 heteroatoms. The highest BCUT2D eigenvalue weighted by Gasteiger charge is 2.16. The fourth-order valence-corrected chi connectivity index (χ4v) is 2.69. The van der Waals surface area contributed by atoms with E-state index >= 15 is 0 Å². The molecule has 0 aliphatic carbocycles. The number of hydrogen-bond acceptors (Lipinski definition) is 4. The molecule has 0 bridgehead atoms. The highest BCUT2D eigenvalue weighted by atomic mass is 16.5. The zero-order chi connectivity index (χ0) is 16.8. The second-order valence-electron chi connectivity index (χ2n) is 6.18. The predicted octanol–water partition coefficient (Wildman–Crippen LogP) is 1.33. The van der Waals surface area contributed by atoms with Crippen molar-refractivity contribution in [1.29, 1.82) is 0 Å². The summed E-state index contributed by atoms with van der Waals surface area (Å²) in [6.45, 7) is 9.32. The van der Waals surface area contributed by atoms with Gasteiger partial charge in [0.25, 0.3) is 0 Å². The second-order valence-corrected chi connectivity index (χ2v) is 6.18. The van der Waals surface area contributed by atoms with Crippen LogP contribution in [-0.2, 0) is 9.47 Å². The number of nitrogens with one attached hydrogen (secondary N) is 2. The molecule has 0 spiro atoms. The number of aliphatic imine (C=N–C) groups is 1. The molecule has 23 heavy (non-hydrogen) atoms. The number of ether oxygens (including phenoxy) is 2. The van der Waals surface area contributed by atoms with Crippen molar-refractivity contribution in [3.8, 4) is 0 Å². The summed E-state index contributed by atoms with van der Waals surface area (Å²) >= 11 is 0. The highest BCUT2D eigenvalue weighted by molar-refractivity contribution is 5.79. The molecule has 0 aromatic rings. The Bertz CT molecular complexity index is 305. The quantitative estimate of drug-likeness (QED) is 0.340. The number of nitrogens with zero attached hydrogens (tertiary/aromatic N) is 2. The summed E-state index contributed by atoms with van der Waals surface area (Å²) in [6, 6.07) is 0. The largest absolute Gasteiger partial charge is 0.382 e. The maximum Gasteiger partial charge on any atom is 0.191 e. The van der Waals surface area contributed by atoms with E-state index in [9.17, 15) is 0 Å². The smallest absolute Gasteiger partial charge is 0.191 e. The predicted molar refractivity (Wildman–Crippen MR) is 96.1 cm³/mol. The average molecular weight is 329 g/mol. The molecule has 6 nitrogen and oxygen atoms in total. The van der Waals surface area contributed by atoms with Crippen LogP contribution in [-0.4, -0.2) is 77.6 Å². The molecule has 0 aromatic heterocycles. The molecule has 136 valence electrons. The summed E-state index contributed by atoms with van der Waals surface area (Å²) in [5, 5.41) is 6.76. The summed E-state index contributed by atoms with van der Waals surface area (Å²) in [6.07, 6.45) is 4.82. The van der Waals surface area contributed by atoms with E-state index in [0.29, 0.717) is 13.2 Å². The van der Waals surface area contributed by atoms with E-state index in [-0.39, 0.29) is 0 Å². The number of guanidine groups is 1. The Morgan fingerprint density at radius 3 is 2.65 bits per heavy atom. The lowest BCUT2D eigenvalue weighted by molar-refractivity contribution is 0.0702. The minimum absolute atomic E-state index is 0.657. The molecule has 0 saturated carbocycles. The molecule has 2 N–H and O–H groups in total. The van der Waals surface area contributed by atoms with Crippen LogP contribution in [0.25, 0.3) is 0 Å². The van der Waals surface area contributed by atoms with E-state index in [4.69, 9.17) is 9.47 Å². The van der Waals surface area contributed by atoms with Crippen molar-refractivity contribution in [2.24, 2.45) is 10.9 Å². The molecule has 0 atom stereocenters. The lowest BCUT2D eigenvalue weighted by atomic mass is 9.94. The van der Waals surface area contributed by atoms with Gasteiger partial charge in [0.1, 0.15) is 0 Å². The van der Waals surface area contributed by atoms with Gasteiger partial charge in [0.15, 0.2) is 5.96 Å². The summed E-state index contributed by atoms with van der Waals surface area (Å²) in [5.74, 6) is 1.79. The van der Waals surface area contributed by atoms with Crippen molar-refractivity contribution in [3.05, 3.63) is 0 Å². The minimum Gasteiger partial charge on any atom is -0.382 e. The van der Waals surface area contributed by atoms with E-state index in [1.165, 1.54) is 32.4 Å². The number of hydrogen-bond donors (Lipinski definition) is 2. The summed E-state index contributed by atoms with van der Waals surface area (Å²) in [5.41, 5.74) is 0. The SMILES string of the molecule is CCNC(=NCCCOCCOC)NCCC1CCN(C)CC1. The third kappa shape index (κ3) is 10.5. The van der Waals surface area contributed by atoms with Gasteiger partial charge in [-0.3, -0.25) is 4.99 Å². The standard InChI is InChI=1S/C17H36N4O2/c1-4-18-17(19-9-5-13-23-15-14-22-3)20-10-6-16-7-11-21(2)12-8-16/h16H,4-15H2,1-3H3,(H2,18,19,20). The van der Waals surface area contributed by atoms with E-state index in [2.05, 4.69) is 34.5 Å². The molecular weight excluding hydrogens is 292 g/mol. The van der Waals surface area contributed by atoms with Crippen molar-refractivity contribution in [2.75, 3.05) is 66.7 Å². The fraction of sp³-hybridized carbons (Fsp3) is 0.941. The first-order valence-corrected chi connectivity index (χ1v) is 9.03. The lowest BCUT2D eigenvalue weighted by Gasteiger charge is -2.29. The van der Waals surface area contributed by atoms with Crippen molar-refractivity contribution >= 4 is 5.96 Å². The molecule has 1 aliphatic heterocycles. The van der Waals surface area contributed by atoms with Crippen LogP contribution in [0, 0.1) is 5.92 Å². The topological polar surface area (TPSA) is 58.1 Å².